The minimum Gasteiger partial charge on any atom is -0.454 e. The highest BCUT2D eigenvalue weighted by Crippen LogP contribution is 2.46. The molecule has 0 aliphatic carbocycles. The normalized spacial score (nSPS) is 11.9. The monoisotopic (exact) mass is 716 g/mol. The highest BCUT2D eigenvalue weighted by atomic mass is 16.3. The molecule has 12 aromatic rings. The molecule has 0 atom stereocenters. The first-order chi connectivity index (χ1) is 27.8. The van der Waals surface area contributed by atoms with Gasteiger partial charge in [0, 0.05) is 43.7 Å². The average molecular weight is 717 g/mol. The van der Waals surface area contributed by atoms with Gasteiger partial charge in [0.2, 0.25) is 0 Å². The summed E-state index contributed by atoms with van der Waals surface area (Å²) in [5, 5.41) is 9.14. The SMILES string of the molecule is c1ccc(-n2c3ccccc3c3ccc(-c4ccc5ccc(N(c6cccc7c6oc6ccccc67)c6cccc7c6oc6ccccc67)cc5c4)cc32)cc1. The van der Waals surface area contributed by atoms with Crippen molar-refractivity contribution in [3.63, 3.8) is 0 Å². The Hall–Kier alpha value is -7.56. The van der Waals surface area contributed by atoms with Gasteiger partial charge in [-0.2, -0.15) is 0 Å². The van der Waals surface area contributed by atoms with Crippen LogP contribution in [0.25, 0.3) is 93.3 Å². The summed E-state index contributed by atoms with van der Waals surface area (Å²) >= 11 is 0. The van der Waals surface area contributed by atoms with E-state index in [4.69, 9.17) is 8.83 Å². The van der Waals surface area contributed by atoms with E-state index in [0.717, 1.165) is 77.6 Å². The molecule has 56 heavy (non-hydrogen) atoms. The van der Waals surface area contributed by atoms with Crippen molar-refractivity contribution < 1.29 is 8.83 Å². The molecule has 0 bridgehead atoms. The van der Waals surface area contributed by atoms with Crippen molar-refractivity contribution in [2.75, 3.05) is 4.90 Å². The predicted octanol–water partition coefficient (Wildman–Crippen LogP) is 14.9. The molecule has 0 saturated heterocycles. The first-order valence-corrected chi connectivity index (χ1v) is 19.0. The molecule has 12 rings (SSSR count). The summed E-state index contributed by atoms with van der Waals surface area (Å²) in [6, 6.07) is 69.0. The summed E-state index contributed by atoms with van der Waals surface area (Å²) < 4.78 is 15.7. The molecule has 0 amide bonds. The standard InChI is InChI=1S/C52H32N2O2/c1-2-12-37(13-3-1)53-45-19-7-4-14-39(45)40-29-27-35(32-48(40)53)34-25-24-33-26-28-38(31-36(33)30-34)54(46-20-10-17-43-41-15-5-8-22-49(41)55-51(43)46)47-21-11-18-44-42-16-6-9-23-50(42)56-52(44)47/h1-32H. The zero-order chi connectivity index (χ0) is 36.7. The lowest BCUT2D eigenvalue weighted by atomic mass is 9.99. The Morgan fingerprint density at radius 2 is 0.911 bits per heavy atom. The molecule has 9 aromatic carbocycles. The van der Waals surface area contributed by atoms with E-state index in [9.17, 15) is 0 Å². The van der Waals surface area contributed by atoms with Gasteiger partial charge in [-0.25, -0.2) is 0 Å². The van der Waals surface area contributed by atoms with Crippen LogP contribution in [-0.2, 0) is 0 Å². The van der Waals surface area contributed by atoms with Gasteiger partial charge in [0.15, 0.2) is 11.2 Å². The number of nitrogens with zero attached hydrogens (tertiary/aromatic N) is 2. The average Bonchev–Trinajstić information content (AvgIpc) is 3.94. The van der Waals surface area contributed by atoms with Gasteiger partial charge < -0.3 is 18.3 Å². The first-order valence-electron chi connectivity index (χ1n) is 19.0. The van der Waals surface area contributed by atoms with Crippen molar-refractivity contribution >= 4 is 93.5 Å². The second-order valence-corrected chi connectivity index (χ2v) is 14.5. The van der Waals surface area contributed by atoms with Gasteiger partial charge in [-0.05, 0) is 88.6 Å². The Kier molecular flexibility index (Phi) is 6.60. The Balaban J connectivity index is 1.07. The Bertz CT molecular complexity index is 3380. The van der Waals surface area contributed by atoms with E-state index in [1.807, 2.05) is 24.3 Å². The van der Waals surface area contributed by atoms with Gasteiger partial charge in [-0.1, -0.05) is 127 Å². The van der Waals surface area contributed by atoms with E-state index in [1.54, 1.807) is 0 Å². The molecular weight excluding hydrogens is 685 g/mol. The number of aromatic nitrogens is 1. The van der Waals surface area contributed by atoms with Crippen molar-refractivity contribution in [3.05, 3.63) is 194 Å². The van der Waals surface area contributed by atoms with Gasteiger partial charge >= 0.3 is 0 Å². The molecule has 0 fully saturated rings. The molecule has 0 saturated carbocycles. The second-order valence-electron chi connectivity index (χ2n) is 14.5. The number of benzene rings is 9. The molecule has 0 N–H and O–H groups in total. The second kappa shape index (κ2) is 12.0. The van der Waals surface area contributed by atoms with Crippen molar-refractivity contribution in [2.24, 2.45) is 0 Å². The molecule has 0 radical (unpaired) electrons. The molecule has 4 heteroatoms. The lowest BCUT2D eigenvalue weighted by molar-refractivity contribution is 0.666. The zero-order valence-electron chi connectivity index (χ0n) is 30.2. The molecule has 3 aromatic heterocycles. The molecular formula is C52H32N2O2. The van der Waals surface area contributed by atoms with Crippen LogP contribution >= 0.6 is 0 Å². The fourth-order valence-corrected chi connectivity index (χ4v) is 8.78. The van der Waals surface area contributed by atoms with Crippen LogP contribution in [0.2, 0.25) is 0 Å². The maximum Gasteiger partial charge on any atom is 0.159 e. The number of anilines is 3. The van der Waals surface area contributed by atoms with E-state index in [0.29, 0.717) is 0 Å². The Morgan fingerprint density at radius 3 is 1.62 bits per heavy atom. The number of rotatable bonds is 5. The third-order valence-electron chi connectivity index (χ3n) is 11.4. The van der Waals surface area contributed by atoms with Crippen LogP contribution in [-0.4, -0.2) is 4.57 Å². The van der Waals surface area contributed by atoms with E-state index >= 15 is 0 Å². The number of hydrogen-bond donors (Lipinski definition) is 0. The third kappa shape index (κ3) is 4.60. The smallest absolute Gasteiger partial charge is 0.159 e. The Morgan fingerprint density at radius 1 is 0.357 bits per heavy atom. The summed E-state index contributed by atoms with van der Waals surface area (Å²) in [6.07, 6.45) is 0. The Labute approximate surface area is 321 Å². The van der Waals surface area contributed by atoms with Crippen LogP contribution in [0.15, 0.2) is 203 Å². The zero-order valence-corrected chi connectivity index (χ0v) is 30.2. The topological polar surface area (TPSA) is 34.5 Å². The summed E-state index contributed by atoms with van der Waals surface area (Å²) in [4.78, 5) is 2.30. The molecule has 3 heterocycles. The molecule has 262 valence electrons. The van der Waals surface area contributed by atoms with Gasteiger partial charge in [0.25, 0.3) is 0 Å². The molecule has 0 aliphatic rings. The summed E-state index contributed by atoms with van der Waals surface area (Å²) in [5.41, 5.74) is 12.2. The largest absolute Gasteiger partial charge is 0.454 e. The van der Waals surface area contributed by atoms with Crippen molar-refractivity contribution in [1.29, 1.82) is 0 Å². The molecule has 0 spiro atoms. The summed E-state index contributed by atoms with van der Waals surface area (Å²) in [7, 11) is 0. The summed E-state index contributed by atoms with van der Waals surface area (Å²) in [5.74, 6) is 0. The minimum absolute atomic E-state index is 0.831. The van der Waals surface area contributed by atoms with E-state index < -0.39 is 0 Å². The number of hydrogen-bond acceptors (Lipinski definition) is 3. The van der Waals surface area contributed by atoms with Gasteiger partial charge in [-0.3, -0.25) is 0 Å². The molecule has 4 nitrogen and oxygen atoms in total. The van der Waals surface area contributed by atoms with Crippen LogP contribution in [0.1, 0.15) is 0 Å². The maximum atomic E-state index is 6.67. The number of para-hydroxylation sites is 6. The molecule has 0 unspecified atom stereocenters. The van der Waals surface area contributed by atoms with Crippen LogP contribution in [0, 0.1) is 0 Å². The third-order valence-corrected chi connectivity index (χ3v) is 11.4. The number of fused-ring (bicyclic) bond motifs is 10. The fourth-order valence-electron chi connectivity index (χ4n) is 8.78. The fraction of sp³-hybridized carbons (Fsp3) is 0. The molecule has 0 aliphatic heterocycles. The van der Waals surface area contributed by atoms with Crippen molar-refractivity contribution in [3.8, 4) is 16.8 Å². The van der Waals surface area contributed by atoms with Gasteiger partial charge in [0.05, 0.1) is 22.4 Å². The van der Waals surface area contributed by atoms with E-state index in [-0.39, 0.29) is 0 Å². The van der Waals surface area contributed by atoms with Crippen molar-refractivity contribution in [1.82, 2.24) is 4.57 Å². The van der Waals surface area contributed by atoms with Crippen LogP contribution in [0.5, 0.6) is 0 Å². The predicted molar refractivity (Wildman–Crippen MR) is 233 cm³/mol. The van der Waals surface area contributed by atoms with E-state index in [1.165, 1.54) is 32.8 Å². The van der Waals surface area contributed by atoms with Crippen LogP contribution < -0.4 is 4.90 Å². The lowest BCUT2D eigenvalue weighted by Gasteiger charge is -2.26. The minimum atomic E-state index is 0.831. The van der Waals surface area contributed by atoms with Gasteiger partial charge in [0.1, 0.15) is 11.2 Å². The maximum absolute atomic E-state index is 6.67. The quantitative estimate of drug-likeness (QED) is 0.178. The van der Waals surface area contributed by atoms with Crippen LogP contribution in [0.4, 0.5) is 17.1 Å². The first kappa shape index (κ1) is 30.9. The van der Waals surface area contributed by atoms with Gasteiger partial charge in [-0.15, -0.1) is 0 Å². The lowest BCUT2D eigenvalue weighted by Crippen LogP contribution is -2.10. The van der Waals surface area contributed by atoms with Crippen molar-refractivity contribution in [2.45, 2.75) is 0 Å². The highest BCUT2D eigenvalue weighted by molar-refractivity contribution is 6.14. The summed E-state index contributed by atoms with van der Waals surface area (Å²) in [6.45, 7) is 0. The number of furan rings is 2. The van der Waals surface area contributed by atoms with E-state index in [2.05, 4.69) is 179 Å². The van der Waals surface area contributed by atoms with Crippen LogP contribution in [0.3, 0.4) is 0 Å². The highest BCUT2D eigenvalue weighted by Gasteiger charge is 2.23.